The summed E-state index contributed by atoms with van der Waals surface area (Å²) in [6, 6.07) is 14.3. The van der Waals surface area contributed by atoms with Gasteiger partial charge in [-0.15, -0.1) is 0 Å². The highest BCUT2D eigenvalue weighted by Gasteiger charge is 2.32. The van der Waals surface area contributed by atoms with Crippen LogP contribution in [-0.2, 0) is 19.4 Å². The molecule has 0 amide bonds. The third kappa shape index (κ3) is 4.54. The minimum absolute atomic E-state index is 0. The van der Waals surface area contributed by atoms with Gasteiger partial charge in [0.05, 0.1) is 14.2 Å². The molecule has 1 aliphatic carbocycles. The fourth-order valence-corrected chi connectivity index (χ4v) is 3.92. The van der Waals surface area contributed by atoms with Crippen molar-refractivity contribution in [2.45, 2.75) is 19.4 Å². The second-order valence-electron chi connectivity index (χ2n) is 7.34. The van der Waals surface area contributed by atoms with Crippen molar-refractivity contribution in [1.82, 2.24) is 0 Å². The average Bonchev–Trinajstić information content (AvgIpc) is 3.03. The molecule has 0 aliphatic heterocycles. The van der Waals surface area contributed by atoms with E-state index >= 15 is 0 Å². The van der Waals surface area contributed by atoms with Gasteiger partial charge in [0.15, 0.2) is 36.2 Å². The van der Waals surface area contributed by atoms with Crippen molar-refractivity contribution in [3.05, 3.63) is 89.0 Å². The zero-order chi connectivity index (χ0) is 20.4. The topological polar surface area (TPSA) is 39.4 Å². The molecule has 1 unspecified atom stereocenters. The summed E-state index contributed by atoms with van der Waals surface area (Å²) >= 11 is 0. The largest absolute Gasteiger partial charge is 1.00 e. The first-order valence-corrected chi connectivity index (χ1v) is 9.59. The molecule has 4 rings (SSSR count). The number of rotatable bonds is 6. The molecule has 0 spiro atoms. The maximum atomic E-state index is 13.3. The number of ether oxygens (including phenoxy) is 2. The second kappa shape index (κ2) is 9.39. The van der Waals surface area contributed by atoms with Crippen molar-refractivity contribution >= 4 is 5.78 Å². The molecule has 30 heavy (non-hydrogen) atoms. The number of methoxy groups -OCH3 is 2. The Morgan fingerprint density at radius 1 is 1.00 bits per heavy atom. The molecule has 2 aromatic carbocycles. The van der Waals surface area contributed by atoms with Crippen LogP contribution in [0.3, 0.4) is 0 Å². The average molecular weight is 472 g/mol. The standard InChI is InChI=1S/C24H23FNO3.BrH/c1-28-22-13-18-12-19(24(27)21(18)14-23(22)29-2)10-16-6-8-26(9-7-16)15-17-4-3-5-20(25)11-17;/h3-9,11,13-14,19H,10,12,15H2,1-2H3;1H/q+1;/p-1. The number of Topliss-reactive ketones (excluding diaryl/α,β-unsaturated/α-hetero) is 1. The Labute approximate surface area is 186 Å². The van der Waals surface area contributed by atoms with Crippen LogP contribution in [0.5, 0.6) is 11.5 Å². The van der Waals surface area contributed by atoms with Crippen LogP contribution in [0.1, 0.15) is 27.0 Å². The molecule has 0 N–H and O–H groups in total. The van der Waals surface area contributed by atoms with E-state index in [4.69, 9.17) is 9.47 Å². The van der Waals surface area contributed by atoms with Gasteiger partial charge in [-0.05, 0) is 48.2 Å². The van der Waals surface area contributed by atoms with E-state index in [2.05, 4.69) is 0 Å². The lowest BCUT2D eigenvalue weighted by Crippen LogP contribution is -3.00. The Morgan fingerprint density at radius 2 is 1.70 bits per heavy atom. The fraction of sp³-hybridized carbons (Fsp3) is 0.250. The van der Waals surface area contributed by atoms with Crippen LogP contribution in [0.2, 0.25) is 0 Å². The van der Waals surface area contributed by atoms with Crippen LogP contribution in [-0.4, -0.2) is 20.0 Å². The Morgan fingerprint density at radius 3 is 2.37 bits per heavy atom. The number of benzene rings is 2. The van der Waals surface area contributed by atoms with E-state index < -0.39 is 0 Å². The molecule has 6 heteroatoms. The SMILES string of the molecule is COc1cc2c(cc1OC)C(=O)C(Cc1cc[n+](Cc3cccc(F)c3)cc1)C2.[Br-]. The number of fused-ring (bicyclic) bond motifs is 1. The monoisotopic (exact) mass is 471 g/mol. The molecule has 3 aromatic rings. The van der Waals surface area contributed by atoms with E-state index in [-0.39, 0.29) is 34.5 Å². The van der Waals surface area contributed by atoms with Gasteiger partial charge in [0.1, 0.15) is 5.82 Å². The summed E-state index contributed by atoms with van der Waals surface area (Å²) in [5, 5.41) is 0. The number of nitrogens with zero attached hydrogens (tertiary/aromatic N) is 1. The normalized spacial score (nSPS) is 14.8. The Kier molecular flexibility index (Phi) is 6.87. The summed E-state index contributed by atoms with van der Waals surface area (Å²) in [4.78, 5) is 12.9. The minimum atomic E-state index is -0.229. The Hall–Kier alpha value is -2.73. The molecular weight excluding hydrogens is 449 g/mol. The third-order valence-electron chi connectivity index (χ3n) is 5.41. The van der Waals surface area contributed by atoms with Crippen LogP contribution < -0.4 is 31.0 Å². The summed E-state index contributed by atoms with van der Waals surface area (Å²) in [5.41, 5.74) is 3.75. The van der Waals surface area contributed by atoms with E-state index in [1.807, 2.05) is 41.2 Å². The highest BCUT2D eigenvalue weighted by atomic mass is 79.9. The highest BCUT2D eigenvalue weighted by molar-refractivity contribution is 6.03. The molecule has 1 aromatic heterocycles. The highest BCUT2D eigenvalue weighted by Crippen LogP contribution is 2.37. The smallest absolute Gasteiger partial charge is 0.173 e. The molecular formula is C24H23BrFNO3. The van der Waals surface area contributed by atoms with Crippen LogP contribution in [0, 0.1) is 11.7 Å². The van der Waals surface area contributed by atoms with Crippen LogP contribution in [0.4, 0.5) is 4.39 Å². The van der Waals surface area contributed by atoms with Gasteiger partial charge in [-0.25, -0.2) is 8.96 Å². The first-order valence-electron chi connectivity index (χ1n) is 9.59. The zero-order valence-corrected chi connectivity index (χ0v) is 18.5. The number of ketones is 1. The molecule has 0 radical (unpaired) electrons. The van der Waals surface area contributed by atoms with E-state index in [1.54, 1.807) is 26.4 Å². The second-order valence-corrected chi connectivity index (χ2v) is 7.34. The molecule has 4 nitrogen and oxygen atoms in total. The lowest BCUT2D eigenvalue weighted by atomic mass is 9.96. The number of carbonyl (C=O) groups is 1. The Balaban J connectivity index is 0.00000256. The van der Waals surface area contributed by atoms with Crippen molar-refractivity contribution in [2.24, 2.45) is 5.92 Å². The quantitative estimate of drug-likeness (QED) is 0.498. The summed E-state index contributed by atoms with van der Waals surface area (Å²) in [5.74, 6) is 1.07. The maximum Gasteiger partial charge on any atom is 0.173 e. The number of aromatic nitrogens is 1. The van der Waals surface area contributed by atoms with Gasteiger partial charge in [0.25, 0.3) is 0 Å². The number of pyridine rings is 1. The van der Waals surface area contributed by atoms with Crippen molar-refractivity contribution in [1.29, 1.82) is 0 Å². The number of carbonyl (C=O) groups excluding carboxylic acids is 1. The van der Waals surface area contributed by atoms with Crippen LogP contribution in [0.15, 0.2) is 60.9 Å². The van der Waals surface area contributed by atoms with Gasteiger partial charge >= 0.3 is 0 Å². The Bertz CT molecular complexity index is 1050. The first kappa shape index (κ1) is 22.0. The van der Waals surface area contributed by atoms with Gasteiger partial charge < -0.3 is 26.5 Å². The molecule has 0 saturated heterocycles. The van der Waals surface area contributed by atoms with Gasteiger partial charge in [-0.1, -0.05) is 12.1 Å². The lowest BCUT2D eigenvalue weighted by Gasteiger charge is -2.09. The predicted octanol–water partition coefficient (Wildman–Crippen LogP) is 0.780. The molecule has 156 valence electrons. The van der Waals surface area contributed by atoms with E-state index in [1.165, 1.54) is 12.1 Å². The first-order chi connectivity index (χ1) is 14.1. The summed E-state index contributed by atoms with van der Waals surface area (Å²) in [6.45, 7) is 0.603. The van der Waals surface area contributed by atoms with Gasteiger partial charge in [0, 0.05) is 29.2 Å². The van der Waals surface area contributed by atoms with Crippen LogP contribution >= 0.6 is 0 Å². The molecule has 0 saturated carbocycles. The maximum absolute atomic E-state index is 13.3. The van der Waals surface area contributed by atoms with E-state index in [9.17, 15) is 9.18 Å². The number of hydrogen-bond acceptors (Lipinski definition) is 3. The molecule has 1 aliphatic rings. The molecule has 0 fully saturated rings. The lowest BCUT2D eigenvalue weighted by molar-refractivity contribution is -0.688. The molecule has 0 bridgehead atoms. The minimum Gasteiger partial charge on any atom is -1.00 e. The number of halogens is 2. The third-order valence-corrected chi connectivity index (χ3v) is 5.41. The molecule has 1 heterocycles. The summed E-state index contributed by atoms with van der Waals surface area (Å²) in [6.07, 6.45) is 5.32. The predicted molar refractivity (Wildman–Crippen MR) is 107 cm³/mol. The van der Waals surface area contributed by atoms with Gasteiger partial charge in [-0.3, -0.25) is 4.79 Å². The summed E-state index contributed by atoms with van der Waals surface area (Å²) < 4.78 is 26.0. The van der Waals surface area contributed by atoms with E-state index in [0.29, 0.717) is 30.9 Å². The van der Waals surface area contributed by atoms with Gasteiger partial charge in [-0.2, -0.15) is 0 Å². The van der Waals surface area contributed by atoms with E-state index in [0.717, 1.165) is 22.3 Å². The van der Waals surface area contributed by atoms with Crippen molar-refractivity contribution < 1.29 is 40.2 Å². The van der Waals surface area contributed by atoms with Crippen molar-refractivity contribution in [3.63, 3.8) is 0 Å². The number of hydrogen-bond donors (Lipinski definition) is 0. The zero-order valence-electron chi connectivity index (χ0n) is 16.9. The van der Waals surface area contributed by atoms with Crippen molar-refractivity contribution in [3.8, 4) is 11.5 Å². The fourth-order valence-electron chi connectivity index (χ4n) is 3.92. The summed E-state index contributed by atoms with van der Waals surface area (Å²) in [7, 11) is 3.17. The van der Waals surface area contributed by atoms with Gasteiger partial charge in [0.2, 0.25) is 0 Å². The van der Waals surface area contributed by atoms with Crippen LogP contribution in [0.25, 0.3) is 0 Å². The molecule has 1 atom stereocenters. The van der Waals surface area contributed by atoms with Crippen molar-refractivity contribution in [2.75, 3.05) is 14.2 Å².